The van der Waals surface area contributed by atoms with E-state index in [-0.39, 0.29) is 5.82 Å². The van der Waals surface area contributed by atoms with Crippen molar-refractivity contribution in [3.63, 3.8) is 0 Å². The van der Waals surface area contributed by atoms with Crippen LogP contribution in [0.15, 0.2) is 48.5 Å². The first-order valence-electron chi connectivity index (χ1n) is 6.16. The normalized spacial score (nSPS) is 10.3. The molecule has 18 heavy (non-hydrogen) atoms. The van der Waals surface area contributed by atoms with Crippen LogP contribution in [0.4, 0.5) is 4.39 Å². The molecular weight excluding hydrogens is 227 g/mol. The molecule has 0 aliphatic heterocycles. The van der Waals surface area contributed by atoms with Gasteiger partial charge >= 0.3 is 0 Å². The molecule has 2 aromatic rings. The molecule has 0 spiro atoms. The minimum Gasteiger partial charge on any atom is -0.496 e. The number of halogens is 1. The Bertz CT molecular complexity index is 491. The average Bonchev–Trinajstić information content (AvgIpc) is 2.41. The molecule has 0 saturated carbocycles. The third-order valence-corrected chi connectivity index (χ3v) is 3.02. The van der Waals surface area contributed by atoms with Gasteiger partial charge in [-0.1, -0.05) is 30.3 Å². The summed E-state index contributed by atoms with van der Waals surface area (Å²) in [7, 11) is 1.69. The second-order valence-corrected chi connectivity index (χ2v) is 4.29. The number of para-hydroxylation sites is 1. The topological polar surface area (TPSA) is 9.23 Å². The lowest BCUT2D eigenvalue weighted by atomic mass is 10.0. The monoisotopic (exact) mass is 244 g/mol. The highest BCUT2D eigenvalue weighted by atomic mass is 19.1. The molecule has 0 aliphatic carbocycles. The summed E-state index contributed by atoms with van der Waals surface area (Å²) in [5, 5.41) is 0. The molecule has 0 saturated heterocycles. The molecule has 0 unspecified atom stereocenters. The van der Waals surface area contributed by atoms with E-state index in [0.717, 1.165) is 25.0 Å². The molecule has 0 atom stereocenters. The number of aryl methyl sites for hydroxylation is 2. The number of ether oxygens (including phenoxy) is 1. The zero-order valence-electron chi connectivity index (χ0n) is 10.5. The first-order valence-corrected chi connectivity index (χ1v) is 6.16. The fourth-order valence-corrected chi connectivity index (χ4v) is 2.04. The van der Waals surface area contributed by atoms with Gasteiger partial charge in [0, 0.05) is 0 Å². The van der Waals surface area contributed by atoms with Crippen molar-refractivity contribution in [2.75, 3.05) is 7.11 Å². The summed E-state index contributed by atoms with van der Waals surface area (Å²) in [4.78, 5) is 0. The zero-order chi connectivity index (χ0) is 12.8. The molecule has 94 valence electrons. The molecule has 0 amide bonds. The molecule has 0 heterocycles. The largest absolute Gasteiger partial charge is 0.496 e. The van der Waals surface area contributed by atoms with E-state index in [4.69, 9.17) is 4.74 Å². The van der Waals surface area contributed by atoms with Crippen LogP contribution in [-0.2, 0) is 12.8 Å². The van der Waals surface area contributed by atoms with Gasteiger partial charge in [-0.05, 0) is 48.6 Å². The fraction of sp³-hybridized carbons (Fsp3) is 0.250. The smallest absolute Gasteiger partial charge is 0.123 e. The van der Waals surface area contributed by atoms with Crippen molar-refractivity contribution in [3.05, 3.63) is 65.5 Å². The average molecular weight is 244 g/mol. The van der Waals surface area contributed by atoms with Crippen LogP contribution in [0.3, 0.4) is 0 Å². The van der Waals surface area contributed by atoms with Crippen molar-refractivity contribution in [1.29, 1.82) is 0 Å². The van der Waals surface area contributed by atoms with Crippen molar-refractivity contribution in [1.82, 2.24) is 0 Å². The van der Waals surface area contributed by atoms with E-state index in [2.05, 4.69) is 6.07 Å². The minimum absolute atomic E-state index is 0.177. The van der Waals surface area contributed by atoms with Crippen LogP contribution in [-0.4, -0.2) is 7.11 Å². The summed E-state index contributed by atoms with van der Waals surface area (Å²) in [6.07, 6.45) is 2.96. The van der Waals surface area contributed by atoms with Gasteiger partial charge in [-0.3, -0.25) is 0 Å². The SMILES string of the molecule is COc1ccccc1CCCc1ccc(F)cc1. The first kappa shape index (κ1) is 12.6. The second-order valence-electron chi connectivity index (χ2n) is 4.29. The van der Waals surface area contributed by atoms with Crippen molar-refractivity contribution >= 4 is 0 Å². The van der Waals surface area contributed by atoms with Crippen LogP contribution in [0, 0.1) is 5.82 Å². The van der Waals surface area contributed by atoms with Gasteiger partial charge in [0.15, 0.2) is 0 Å². The Hall–Kier alpha value is -1.83. The third-order valence-electron chi connectivity index (χ3n) is 3.02. The molecule has 2 rings (SSSR count). The molecule has 0 fully saturated rings. The predicted octanol–water partition coefficient (Wildman–Crippen LogP) is 4.01. The van der Waals surface area contributed by atoms with Gasteiger partial charge in [-0.2, -0.15) is 0 Å². The summed E-state index contributed by atoms with van der Waals surface area (Å²) in [6, 6.07) is 14.8. The number of hydrogen-bond donors (Lipinski definition) is 0. The lowest BCUT2D eigenvalue weighted by Gasteiger charge is -2.07. The Morgan fingerprint density at radius 3 is 2.39 bits per heavy atom. The number of rotatable bonds is 5. The highest BCUT2D eigenvalue weighted by Gasteiger charge is 2.01. The molecule has 0 aliphatic rings. The highest BCUT2D eigenvalue weighted by Crippen LogP contribution is 2.19. The van der Waals surface area contributed by atoms with E-state index in [9.17, 15) is 4.39 Å². The van der Waals surface area contributed by atoms with Gasteiger partial charge in [0.2, 0.25) is 0 Å². The molecular formula is C16H17FO. The van der Waals surface area contributed by atoms with Gasteiger partial charge in [0.1, 0.15) is 11.6 Å². The Balaban J connectivity index is 1.90. The van der Waals surface area contributed by atoms with Crippen LogP contribution in [0.25, 0.3) is 0 Å². The van der Waals surface area contributed by atoms with Gasteiger partial charge in [-0.15, -0.1) is 0 Å². The maximum atomic E-state index is 12.8. The lowest BCUT2D eigenvalue weighted by molar-refractivity contribution is 0.409. The summed E-state index contributed by atoms with van der Waals surface area (Å²) >= 11 is 0. The minimum atomic E-state index is -0.177. The molecule has 0 N–H and O–H groups in total. The van der Waals surface area contributed by atoms with Crippen LogP contribution in [0.1, 0.15) is 17.5 Å². The van der Waals surface area contributed by atoms with Gasteiger partial charge in [0.25, 0.3) is 0 Å². The van der Waals surface area contributed by atoms with E-state index in [1.54, 1.807) is 7.11 Å². The first-order chi connectivity index (χ1) is 8.79. The lowest BCUT2D eigenvalue weighted by Crippen LogP contribution is -1.94. The highest BCUT2D eigenvalue weighted by molar-refractivity contribution is 5.33. The van der Waals surface area contributed by atoms with Crippen molar-refractivity contribution in [2.24, 2.45) is 0 Å². The number of benzene rings is 2. The summed E-state index contributed by atoms with van der Waals surface area (Å²) in [5.74, 6) is 0.764. The van der Waals surface area contributed by atoms with Crippen LogP contribution < -0.4 is 4.74 Å². The molecule has 2 heteroatoms. The van der Waals surface area contributed by atoms with Crippen molar-refractivity contribution < 1.29 is 9.13 Å². The maximum absolute atomic E-state index is 12.8. The van der Waals surface area contributed by atoms with Gasteiger partial charge in [-0.25, -0.2) is 4.39 Å². The van der Waals surface area contributed by atoms with Crippen molar-refractivity contribution in [2.45, 2.75) is 19.3 Å². The van der Waals surface area contributed by atoms with Gasteiger partial charge < -0.3 is 4.74 Å². The van der Waals surface area contributed by atoms with E-state index in [1.807, 2.05) is 30.3 Å². The van der Waals surface area contributed by atoms with E-state index < -0.39 is 0 Å². The Morgan fingerprint density at radius 1 is 0.944 bits per heavy atom. The molecule has 1 nitrogen and oxygen atoms in total. The summed E-state index contributed by atoms with van der Waals surface area (Å²) in [5.41, 5.74) is 2.40. The molecule has 0 aromatic heterocycles. The van der Waals surface area contributed by atoms with Crippen LogP contribution >= 0.6 is 0 Å². The summed E-state index contributed by atoms with van der Waals surface area (Å²) < 4.78 is 18.1. The fourth-order valence-electron chi connectivity index (χ4n) is 2.04. The molecule has 2 aromatic carbocycles. The van der Waals surface area contributed by atoms with E-state index in [1.165, 1.54) is 23.3 Å². The van der Waals surface area contributed by atoms with Crippen molar-refractivity contribution in [3.8, 4) is 5.75 Å². The Labute approximate surface area is 107 Å². The zero-order valence-corrected chi connectivity index (χ0v) is 10.5. The second kappa shape index (κ2) is 6.20. The molecule has 0 radical (unpaired) electrons. The predicted molar refractivity (Wildman–Crippen MR) is 71.4 cm³/mol. The standard InChI is InChI=1S/C16H17FO/c1-18-16-8-3-2-6-14(16)7-4-5-13-9-11-15(17)12-10-13/h2-3,6,8-12H,4-5,7H2,1H3. The van der Waals surface area contributed by atoms with Crippen LogP contribution in [0.2, 0.25) is 0 Å². The maximum Gasteiger partial charge on any atom is 0.123 e. The quantitative estimate of drug-likeness (QED) is 0.772. The van der Waals surface area contributed by atoms with Gasteiger partial charge in [0.05, 0.1) is 7.11 Å². The molecule has 0 bridgehead atoms. The number of methoxy groups -OCH3 is 1. The Kier molecular flexibility index (Phi) is 4.35. The van der Waals surface area contributed by atoms with E-state index >= 15 is 0 Å². The van der Waals surface area contributed by atoms with Crippen LogP contribution in [0.5, 0.6) is 5.75 Å². The third kappa shape index (κ3) is 3.33. The number of hydrogen-bond acceptors (Lipinski definition) is 1. The summed E-state index contributed by atoms with van der Waals surface area (Å²) in [6.45, 7) is 0. The Morgan fingerprint density at radius 2 is 1.67 bits per heavy atom. The van der Waals surface area contributed by atoms with E-state index in [0.29, 0.717) is 0 Å².